The summed E-state index contributed by atoms with van der Waals surface area (Å²) < 4.78 is 0. The lowest BCUT2D eigenvalue weighted by Crippen LogP contribution is -2.51. The lowest BCUT2D eigenvalue weighted by atomic mass is 10.1. The van der Waals surface area contributed by atoms with E-state index in [0.29, 0.717) is 42.5 Å². The zero-order chi connectivity index (χ0) is 23.4. The van der Waals surface area contributed by atoms with E-state index in [2.05, 4.69) is 10.3 Å². The van der Waals surface area contributed by atoms with Crippen LogP contribution in [0.3, 0.4) is 0 Å². The molecule has 2 aromatic carbocycles. The van der Waals surface area contributed by atoms with Crippen LogP contribution < -0.4 is 10.2 Å². The number of piperazine rings is 1. The van der Waals surface area contributed by atoms with Gasteiger partial charge in [-0.15, -0.1) is 0 Å². The van der Waals surface area contributed by atoms with Crippen LogP contribution in [0.4, 0.5) is 21.9 Å². The highest BCUT2D eigenvalue weighted by Crippen LogP contribution is 2.26. The van der Waals surface area contributed by atoms with Crippen molar-refractivity contribution in [1.29, 1.82) is 0 Å². The number of benzene rings is 2. The van der Waals surface area contributed by atoms with Gasteiger partial charge in [0.1, 0.15) is 0 Å². The minimum absolute atomic E-state index is 0.0323. The fraction of sp³-hybridized carbons (Fsp3) is 0.240. The molecular weight excluding hydrogens is 438 g/mol. The summed E-state index contributed by atoms with van der Waals surface area (Å²) in [7, 11) is 1.97. The first-order valence-corrected chi connectivity index (χ1v) is 11.2. The fourth-order valence-corrected chi connectivity index (χ4v) is 4.08. The number of hydrogen-bond donors (Lipinski definition) is 1. The summed E-state index contributed by atoms with van der Waals surface area (Å²) in [5.74, 6) is -0.0323. The fourth-order valence-electron chi connectivity index (χ4n) is 3.82. The first-order chi connectivity index (χ1) is 15.9. The van der Waals surface area contributed by atoms with E-state index in [4.69, 9.17) is 11.6 Å². The number of anilines is 3. The van der Waals surface area contributed by atoms with Crippen LogP contribution in [0.1, 0.15) is 15.9 Å². The zero-order valence-corrected chi connectivity index (χ0v) is 19.4. The van der Waals surface area contributed by atoms with E-state index in [-0.39, 0.29) is 11.9 Å². The minimum atomic E-state index is -0.207. The number of pyridine rings is 1. The molecule has 170 valence electrons. The molecule has 1 saturated heterocycles. The van der Waals surface area contributed by atoms with Crippen LogP contribution in [0.2, 0.25) is 5.02 Å². The number of aryl methyl sites for hydroxylation is 1. The van der Waals surface area contributed by atoms with E-state index in [1.165, 1.54) is 0 Å². The molecule has 7 nitrogen and oxygen atoms in total. The Bertz CT molecular complexity index is 1110. The van der Waals surface area contributed by atoms with Gasteiger partial charge in [-0.3, -0.25) is 9.78 Å². The predicted octanol–water partition coefficient (Wildman–Crippen LogP) is 4.80. The lowest BCUT2D eigenvalue weighted by molar-refractivity contribution is 0.0671. The molecule has 3 aromatic rings. The Morgan fingerprint density at radius 3 is 2.15 bits per heavy atom. The van der Waals surface area contributed by atoms with Crippen molar-refractivity contribution in [1.82, 2.24) is 14.8 Å². The summed E-state index contributed by atoms with van der Waals surface area (Å²) in [5.41, 5.74) is 4.16. The number of para-hydroxylation sites is 1. The lowest BCUT2D eigenvalue weighted by Gasteiger charge is -2.35. The predicted molar refractivity (Wildman–Crippen MR) is 131 cm³/mol. The smallest absolute Gasteiger partial charge is 0.322 e. The normalized spacial score (nSPS) is 13.5. The van der Waals surface area contributed by atoms with Gasteiger partial charge in [0.15, 0.2) is 0 Å². The van der Waals surface area contributed by atoms with Gasteiger partial charge in [0.25, 0.3) is 5.91 Å². The van der Waals surface area contributed by atoms with E-state index in [0.717, 1.165) is 16.9 Å². The molecule has 8 heteroatoms. The number of hydrogen-bond acceptors (Lipinski definition) is 4. The Kier molecular flexibility index (Phi) is 6.79. The molecule has 2 heterocycles. The van der Waals surface area contributed by atoms with Crippen molar-refractivity contribution >= 4 is 40.6 Å². The number of urea groups is 1. The van der Waals surface area contributed by atoms with Crippen molar-refractivity contribution in [2.24, 2.45) is 0 Å². The highest BCUT2D eigenvalue weighted by atomic mass is 35.5. The number of amides is 3. The van der Waals surface area contributed by atoms with Crippen molar-refractivity contribution < 1.29 is 9.59 Å². The van der Waals surface area contributed by atoms with Crippen LogP contribution in [-0.4, -0.2) is 59.9 Å². The quantitative estimate of drug-likeness (QED) is 0.603. The SMILES string of the molecule is Cc1cccc(Cl)c1NC(=O)N1CCN(C(=O)c2ccc(N(C)c3ccncc3)cc2)CC1. The number of rotatable bonds is 4. The molecule has 33 heavy (non-hydrogen) atoms. The summed E-state index contributed by atoms with van der Waals surface area (Å²) >= 11 is 6.22. The third kappa shape index (κ3) is 5.09. The van der Waals surface area contributed by atoms with E-state index >= 15 is 0 Å². The van der Waals surface area contributed by atoms with Crippen LogP contribution in [-0.2, 0) is 0 Å². The Labute approximate surface area is 198 Å². The van der Waals surface area contributed by atoms with Gasteiger partial charge in [-0.2, -0.15) is 0 Å². The van der Waals surface area contributed by atoms with Crippen LogP contribution in [0.15, 0.2) is 67.0 Å². The van der Waals surface area contributed by atoms with Crippen molar-refractivity contribution in [3.63, 3.8) is 0 Å². The van der Waals surface area contributed by atoms with Gasteiger partial charge in [0.05, 0.1) is 10.7 Å². The summed E-state index contributed by atoms with van der Waals surface area (Å²) in [6, 6.07) is 16.7. The van der Waals surface area contributed by atoms with Gasteiger partial charge in [-0.05, 0) is 55.0 Å². The maximum absolute atomic E-state index is 13.0. The number of nitrogens with one attached hydrogen (secondary N) is 1. The minimum Gasteiger partial charge on any atom is -0.345 e. The van der Waals surface area contributed by atoms with E-state index < -0.39 is 0 Å². The largest absolute Gasteiger partial charge is 0.345 e. The maximum Gasteiger partial charge on any atom is 0.322 e. The molecule has 0 atom stereocenters. The summed E-state index contributed by atoms with van der Waals surface area (Å²) in [6.07, 6.45) is 3.50. The van der Waals surface area contributed by atoms with Crippen molar-refractivity contribution in [3.05, 3.63) is 83.1 Å². The number of nitrogens with zero attached hydrogens (tertiary/aromatic N) is 4. The standard InChI is InChI=1S/C25H26ClN5O2/c1-18-4-3-5-22(26)23(18)28-25(33)31-16-14-30(15-17-31)24(32)19-6-8-20(9-7-19)29(2)21-10-12-27-13-11-21/h3-13H,14-17H2,1-2H3,(H,28,33). The molecule has 4 rings (SSSR count). The van der Waals surface area contributed by atoms with Gasteiger partial charge in [0, 0.05) is 62.6 Å². The third-order valence-corrected chi connectivity index (χ3v) is 6.17. The van der Waals surface area contributed by atoms with Gasteiger partial charge >= 0.3 is 6.03 Å². The molecule has 1 aliphatic heterocycles. The Balaban J connectivity index is 1.34. The molecule has 1 fully saturated rings. The molecule has 1 aromatic heterocycles. The van der Waals surface area contributed by atoms with Crippen LogP contribution in [0, 0.1) is 6.92 Å². The number of halogens is 1. The van der Waals surface area contributed by atoms with Crippen LogP contribution >= 0.6 is 11.6 Å². The molecule has 0 bridgehead atoms. The molecule has 0 radical (unpaired) electrons. The van der Waals surface area contributed by atoms with Gasteiger partial charge in [-0.25, -0.2) is 4.79 Å². The van der Waals surface area contributed by atoms with Crippen LogP contribution in [0.25, 0.3) is 0 Å². The maximum atomic E-state index is 13.0. The van der Waals surface area contributed by atoms with Gasteiger partial charge < -0.3 is 20.0 Å². The van der Waals surface area contributed by atoms with E-state index in [9.17, 15) is 9.59 Å². The molecule has 1 aliphatic rings. The third-order valence-electron chi connectivity index (χ3n) is 5.86. The first-order valence-electron chi connectivity index (χ1n) is 10.8. The number of carbonyl (C=O) groups excluding carboxylic acids is 2. The average molecular weight is 464 g/mol. The first kappa shape index (κ1) is 22.6. The van der Waals surface area contributed by atoms with Crippen molar-refractivity contribution in [2.75, 3.05) is 43.4 Å². The molecule has 0 aliphatic carbocycles. The highest BCUT2D eigenvalue weighted by molar-refractivity contribution is 6.33. The molecule has 0 unspecified atom stereocenters. The van der Waals surface area contributed by atoms with Crippen molar-refractivity contribution in [3.8, 4) is 0 Å². The van der Waals surface area contributed by atoms with E-state index in [1.807, 2.05) is 67.4 Å². The Morgan fingerprint density at radius 1 is 0.909 bits per heavy atom. The molecular formula is C25H26ClN5O2. The second-order valence-electron chi connectivity index (χ2n) is 7.95. The highest BCUT2D eigenvalue weighted by Gasteiger charge is 2.25. The van der Waals surface area contributed by atoms with Crippen LogP contribution in [0.5, 0.6) is 0 Å². The average Bonchev–Trinajstić information content (AvgIpc) is 2.86. The summed E-state index contributed by atoms with van der Waals surface area (Å²) in [5, 5.41) is 3.41. The van der Waals surface area contributed by atoms with Crippen molar-refractivity contribution in [2.45, 2.75) is 6.92 Å². The molecule has 0 saturated carbocycles. The second-order valence-corrected chi connectivity index (χ2v) is 8.36. The van der Waals surface area contributed by atoms with E-state index in [1.54, 1.807) is 28.3 Å². The molecule has 1 N–H and O–H groups in total. The van der Waals surface area contributed by atoms with Gasteiger partial charge in [0.2, 0.25) is 0 Å². The topological polar surface area (TPSA) is 68.8 Å². The number of carbonyl (C=O) groups is 2. The number of aromatic nitrogens is 1. The molecule has 3 amide bonds. The summed E-state index contributed by atoms with van der Waals surface area (Å²) in [6.45, 7) is 3.78. The zero-order valence-electron chi connectivity index (χ0n) is 18.7. The monoisotopic (exact) mass is 463 g/mol. The summed E-state index contributed by atoms with van der Waals surface area (Å²) in [4.78, 5) is 35.2. The second kappa shape index (κ2) is 9.92. The van der Waals surface area contributed by atoms with Gasteiger partial charge in [-0.1, -0.05) is 23.7 Å². The Hall–Kier alpha value is -3.58. The molecule has 0 spiro atoms. The Morgan fingerprint density at radius 2 is 1.52 bits per heavy atom.